The molecule has 1 aliphatic rings. The van der Waals surface area contributed by atoms with Crippen molar-refractivity contribution in [2.24, 2.45) is 18.4 Å². The molecule has 0 aliphatic heterocycles. The van der Waals surface area contributed by atoms with Crippen molar-refractivity contribution in [1.29, 1.82) is 0 Å². The van der Waals surface area contributed by atoms with Gasteiger partial charge in [0.2, 0.25) is 0 Å². The Labute approximate surface area is 210 Å². The maximum absolute atomic E-state index is 13.3. The summed E-state index contributed by atoms with van der Waals surface area (Å²) >= 11 is 0. The number of methoxy groups -OCH3 is 3. The van der Waals surface area contributed by atoms with Gasteiger partial charge in [0.15, 0.2) is 5.41 Å². The maximum atomic E-state index is 13.3. The van der Waals surface area contributed by atoms with E-state index in [1.54, 1.807) is 0 Å². The molecule has 188 valence electrons. The predicted molar refractivity (Wildman–Crippen MR) is 136 cm³/mol. The largest absolute Gasteiger partial charge is 0.469 e. The van der Waals surface area contributed by atoms with E-state index in [2.05, 4.69) is 4.57 Å². The van der Waals surface area contributed by atoms with Crippen molar-refractivity contribution in [3.63, 3.8) is 0 Å². The van der Waals surface area contributed by atoms with Gasteiger partial charge < -0.3 is 18.8 Å². The summed E-state index contributed by atoms with van der Waals surface area (Å²) in [6, 6.07) is 17.8. The van der Waals surface area contributed by atoms with E-state index in [0.29, 0.717) is 6.42 Å². The summed E-state index contributed by atoms with van der Waals surface area (Å²) < 4.78 is 17.5. The van der Waals surface area contributed by atoms with Crippen molar-refractivity contribution in [2.75, 3.05) is 21.3 Å². The van der Waals surface area contributed by atoms with Crippen LogP contribution in [0.1, 0.15) is 35.6 Å². The Kier molecular flexibility index (Phi) is 7.29. The molecule has 2 aromatic carbocycles. The minimum Gasteiger partial charge on any atom is -0.469 e. The summed E-state index contributed by atoms with van der Waals surface area (Å²) in [6.45, 7) is 0. The summed E-state index contributed by atoms with van der Waals surface area (Å²) in [7, 11) is 5.78. The summed E-state index contributed by atoms with van der Waals surface area (Å²) in [4.78, 5) is 39.5. The van der Waals surface area contributed by atoms with Crippen LogP contribution in [-0.4, -0.2) is 43.8 Å². The molecule has 0 saturated heterocycles. The van der Waals surface area contributed by atoms with Crippen molar-refractivity contribution < 1.29 is 28.6 Å². The molecular formula is C29H31NO6. The molecule has 7 nitrogen and oxygen atoms in total. The topological polar surface area (TPSA) is 83.8 Å². The Morgan fingerprint density at radius 2 is 1.53 bits per heavy atom. The van der Waals surface area contributed by atoms with Gasteiger partial charge >= 0.3 is 17.9 Å². The lowest BCUT2D eigenvalue weighted by Crippen LogP contribution is -2.46. The normalized spacial score (nSPS) is 19.2. The number of allylic oxidation sites excluding steroid dienone is 1. The molecule has 4 rings (SSSR count). The van der Waals surface area contributed by atoms with Crippen LogP contribution in [0.5, 0.6) is 0 Å². The number of hydrogen-bond acceptors (Lipinski definition) is 6. The smallest absolute Gasteiger partial charge is 0.323 e. The lowest BCUT2D eigenvalue weighted by atomic mass is 9.68. The zero-order valence-corrected chi connectivity index (χ0v) is 21.0. The molecule has 36 heavy (non-hydrogen) atoms. The fourth-order valence-corrected chi connectivity index (χ4v) is 5.52. The van der Waals surface area contributed by atoms with E-state index in [0.717, 1.165) is 27.7 Å². The molecule has 3 aromatic rings. The van der Waals surface area contributed by atoms with Crippen LogP contribution in [-0.2, 0) is 42.1 Å². The summed E-state index contributed by atoms with van der Waals surface area (Å²) in [5.41, 5.74) is 2.27. The Bertz CT molecular complexity index is 1290. The van der Waals surface area contributed by atoms with Crippen LogP contribution in [0.25, 0.3) is 17.0 Å². The van der Waals surface area contributed by atoms with Gasteiger partial charge in [0, 0.05) is 36.0 Å². The molecule has 0 spiro atoms. The molecule has 0 N–H and O–H groups in total. The van der Waals surface area contributed by atoms with E-state index in [1.165, 1.54) is 21.3 Å². The molecule has 0 unspecified atom stereocenters. The molecular weight excluding hydrogens is 458 g/mol. The molecule has 7 heteroatoms. The minimum absolute atomic E-state index is 0.0737. The molecule has 0 fully saturated rings. The van der Waals surface area contributed by atoms with Gasteiger partial charge in [0.1, 0.15) is 0 Å². The molecule has 0 bridgehead atoms. The first kappa shape index (κ1) is 25.2. The van der Waals surface area contributed by atoms with Crippen LogP contribution in [0.15, 0.2) is 60.7 Å². The SMILES string of the molecule is COC(=O)[C@H]1Cc2c(c3ccccc3n2C)[C@@H](/C=C/c2ccccc2)CC(C(=O)OC)(C(=O)OC)C1. The first-order chi connectivity index (χ1) is 17.4. The van der Waals surface area contributed by atoms with Crippen LogP contribution in [0, 0.1) is 11.3 Å². The second-order valence-electron chi connectivity index (χ2n) is 9.21. The second kappa shape index (κ2) is 10.4. The van der Waals surface area contributed by atoms with Crippen molar-refractivity contribution in [3.8, 4) is 0 Å². The first-order valence-electron chi connectivity index (χ1n) is 11.9. The third-order valence-electron chi connectivity index (χ3n) is 7.25. The fourth-order valence-electron chi connectivity index (χ4n) is 5.52. The van der Waals surface area contributed by atoms with Gasteiger partial charge in [-0.1, -0.05) is 60.7 Å². The zero-order valence-electron chi connectivity index (χ0n) is 21.0. The summed E-state index contributed by atoms with van der Waals surface area (Å²) in [5.74, 6) is -2.99. The third kappa shape index (κ3) is 4.41. The van der Waals surface area contributed by atoms with Crippen LogP contribution in [0.3, 0.4) is 0 Å². The van der Waals surface area contributed by atoms with Gasteiger partial charge in [-0.3, -0.25) is 14.4 Å². The maximum Gasteiger partial charge on any atom is 0.323 e. The minimum atomic E-state index is -1.68. The van der Waals surface area contributed by atoms with Gasteiger partial charge in [0.25, 0.3) is 0 Å². The standard InChI is InChI=1S/C29H31NO6/c1-30-23-13-9-8-12-22(23)25-20(15-14-19-10-6-5-7-11-19)17-29(27(32)35-3,28(33)36-4)18-21(16-24(25)30)26(31)34-2/h5-15,20-21H,16-18H2,1-4H3/b15-14+/t20-,21-/m0/s1. The highest BCUT2D eigenvalue weighted by atomic mass is 16.5. The highest BCUT2D eigenvalue weighted by Gasteiger charge is 2.53. The van der Waals surface area contributed by atoms with Crippen LogP contribution >= 0.6 is 0 Å². The Morgan fingerprint density at radius 3 is 2.17 bits per heavy atom. The quantitative estimate of drug-likeness (QED) is 0.299. The zero-order chi connectivity index (χ0) is 25.9. The summed E-state index contributed by atoms with van der Waals surface area (Å²) in [6.07, 6.45) is 4.34. The van der Waals surface area contributed by atoms with E-state index in [1.807, 2.05) is 73.8 Å². The van der Waals surface area contributed by atoms with Crippen molar-refractivity contribution >= 4 is 34.9 Å². The molecule has 0 radical (unpaired) electrons. The lowest BCUT2D eigenvalue weighted by Gasteiger charge is -2.35. The van der Waals surface area contributed by atoms with Crippen molar-refractivity contribution in [3.05, 3.63) is 77.5 Å². The third-order valence-corrected chi connectivity index (χ3v) is 7.25. The number of carbonyl (C=O) groups is 3. The molecule has 1 heterocycles. The summed E-state index contributed by atoms with van der Waals surface area (Å²) in [5, 5.41) is 1.01. The monoisotopic (exact) mass is 489 g/mol. The number of aromatic nitrogens is 1. The molecule has 2 atom stereocenters. The van der Waals surface area contributed by atoms with Gasteiger partial charge in [-0.2, -0.15) is 0 Å². The second-order valence-corrected chi connectivity index (χ2v) is 9.21. The van der Waals surface area contributed by atoms with E-state index < -0.39 is 29.2 Å². The van der Waals surface area contributed by atoms with Crippen molar-refractivity contribution in [1.82, 2.24) is 4.57 Å². The molecule has 0 amide bonds. The average Bonchev–Trinajstić information content (AvgIpc) is 3.18. The number of rotatable bonds is 5. The van der Waals surface area contributed by atoms with Gasteiger partial charge in [0.05, 0.1) is 27.2 Å². The van der Waals surface area contributed by atoms with Gasteiger partial charge in [-0.05, 0) is 30.0 Å². The first-order valence-corrected chi connectivity index (χ1v) is 11.9. The van der Waals surface area contributed by atoms with Crippen LogP contribution in [0.2, 0.25) is 0 Å². The fraction of sp³-hybridized carbons (Fsp3) is 0.345. The number of ether oxygens (including phenoxy) is 3. The molecule has 1 aromatic heterocycles. The van der Waals surface area contributed by atoms with Crippen LogP contribution in [0.4, 0.5) is 0 Å². The van der Waals surface area contributed by atoms with E-state index in [9.17, 15) is 14.4 Å². The van der Waals surface area contributed by atoms with Crippen molar-refractivity contribution in [2.45, 2.75) is 25.2 Å². The Hall–Kier alpha value is -3.87. The number of carbonyl (C=O) groups excluding carboxylic acids is 3. The van der Waals surface area contributed by atoms with Crippen LogP contribution < -0.4 is 0 Å². The average molecular weight is 490 g/mol. The Morgan fingerprint density at radius 1 is 0.889 bits per heavy atom. The highest BCUT2D eigenvalue weighted by molar-refractivity contribution is 6.01. The lowest BCUT2D eigenvalue weighted by molar-refractivity contribution is -0.172. The van der Waals surface area contributed by atoms with Gasteiger partial charge in [-0.25, -0.2) is 0 Å². The number of esters is 3. The number of hydrogen-bond donors (Lipinski definition) is 0. The van der Waals surface area contributed by atoms with E-state index in [4.69, 9.17) is 14.2 Å². The highest BCUT2D eigenvalue weighted by Crippen LogP contribution is 2.47. The molecule has 0 saturated carbocycles. The Balaban J connectivity index is 1.99. The van der Waals surface area contributed by atoms with E-state index in [-0.39, 0.29) is 18.8 Å². The van der Waals surface area contributed by atoms with E-state index >= 15 is 0 Å². The van der Waals surface area contributed by atoms with Gasteiger partial charge in [-0.15, -0.1) is 0 Å². The number of benzene rings is 2. The molecule has 1 aliphatic carbocycles. The number of aryl methyl sites for hydroxylation is 1. The number of para-hydroxylation sites is 1. The number of nitrogens with zero attached hydrogens (tertiary/aromatic N) is 1. The predicted octanol–water partition coefficient (Wildman–Crippen LogP) is 4.43. The number of fused-ring (bicyclic) bond motifs is 3.